The lowest BCUT2D eigenvalue weighted by molar-refractivity contribution is -0.126. The van der Waals surface area contributed by atoms with E-state index in [1.54, 1.807) is 38.4 Å². The van der Waals surface area contributed by atoms with Gasteiger partial charge in [-0.2, -0.15) is 12.6 Å². The molecule has 0 bridgehead atoms. The monoisotopic (exact) mass is 376 g/mol. The van der Waals surface area contributed by atoms with Crippen LogP contribution in [0.4, 0.5) is 4.39 Å². The van der Waals surface area contributed by atoms with Gasteiger partial charge in [0.2, 0.25) is 5.91 Å². The molecular weight excluding hydrogens is 351 g/mol. The molecule has 0 N–H and O–H groups in total. The quantitative estimate of drug-likeness (QED) is 0.635. The Kier molecular flexibility index (Phi) is 5.82. The SMILES string of the molecule is CN(C)C(=O)/C=C1\CN(C(C(=O)C2CC2)c2ccccc2F)CCC1S. The molecule has 2 fully saturated rings. The fourth-order valence-electron chi connectivity index (χ4n) is 3.36. The van der Waals surface area contributed by atoms with Gasteiger partial charge in [0.1, 0.15) is 5.82 Å². The molecule has 140 valence electrons. The van der Waals surface area contributed by atoms with Crippen molar-refractivity contribution in [2.75, 3.05) is 27.2 Å². The molecule has 0 aromatic heterocycles. The molecule has 0 spiro atoms. The number of likely N-dealkylation sites (N-methyl/N-ethyl adjacent to an activating group) is 1. The number of piperidine rings is 1. The lowest BCUT2D eigenvalue weighted by Crippen LogP contribution is -2.43. The first-order valence-electron chi connectivity index (χ1n) is 9.00. The zero-order chi connectivity index (χ0) is 18.8. The third-order valence-electron chi connectivity index (χ3n) is 5.07. The number of thiol groups is 1. The number of Topliss-reactive ketones (excluding diaryl/α,β-unsaturated/α-hetero) is 1. The molecule has 1 aromatic carbocycles. The molecule has 6 heteroatoms. The second-order valence-electron chi connectivity index (χ2n) is 7.33. The molecule has 2 atom stereocenters. The molecule has 2 unspecified atom stereocenters. The lowest BCUT2D eigenvalue weighted by atomic mass is 9.93. The van der Waals surface area contributed by atoms with Crippen LogP contribution in [0.2, 0.25) is 0 Å². The van der Waals surface area contributed by atoms with Crippen LogP contribution in [0.15, 0.2) is 35.9 Å². The third-order valence-corrected chi connectivity index (χ3v) is 5.66. The van der Waals surface area contributed by atoms with E-state index in [-0.39, 0.29) is 28.7 Å². The number of likely N-dealkylation sites (tertiary alicyclic amines) is 1. The van der Waals surface area contributed by atoms with E-state index in [1.165, 1.54) is 11.0 Å². The van der Waals surface area contributed by atoms with Crippen molar-refractivity contribution in [3.63, 3.8) is 0 Å². The highest BCUT2D eigenvalue weighted by Crippen LogP contribution is 2.39. The van der Waals surface area contributed by atoms with Gasteiger partial charge in [-0.25, -0.2) is 4.39 Å². The maximum absolute atomic E-state index is 14.5. The van der Waals surface area contributed by atoms with Gasteiger partial charge >= 0.3 is 0 Å². The molecule has 0 radical (unpaired) electrons. The summed E-state index contributed by atoms with van der Waals surface area (Å²) in [6.07, 6.45) is 4.09. The van der Waals surface area contributed by atoms with Gasteiger partial charge in [-0.3, -0.25) is 14.5 Å². The summed E-state index contributed by atoms with van der Waals surface area (Å²) in [6.45, 7) is 1.10. The second-order valence-corrected chi connectivity index (χ2v) is 7.95. The topological polar surface area (TPSA) is 40.6 Å². The van der Waals surface area contributed by atoms with E-state index in [0.29, 0.717) is 18.7 Å². The number of carbonyl (C=O) groups is 2. The average Bonchev–Trinajstić information content (AvgIpc) is 3.44. The molecule has 3 rings (SSSR count). The summed E-state index contributed by atoms with van der Waals surface area (Å²) < 4.78 is 14.5. The Bertz CT molecular complexity index is 730. The van der Waals surface area contributed by atoms with Crippen LogP contribution in [0.1, 0.15) is 30.9 Å². The molecule has 4 nitrogen and oxygen atoms in total. The Morgan fingerprint density at radius 1 is 1.27 bits per heavy atom. The Morgan fingerprint density at radius 2 is 1.96 bits per heavy atom. The van der Waals surface area contributed by atoms with Crippen molar-refractivity contribution in [3.8, 4) is 0 Å². The van der Waals surface area contributed by atoms with E-state index in [4.69, 9.17) is 0 Å². The highest BCUT2D eigenvalue weighted by Gasteiger charge is 2.40. The number of benzene rings is 1. The van der Waals surface area contributed by atoms with E-state index >= 15 is 0 Å². The molecule has 1 aliphatic carbocycles. The summed E-state index contributed by atoms with van der Waals surface area (Å²) in [6, 6.07) is 5.91. The van der Waals surface area contributed by atoms with Crippen LogP contribution in [0.3, 0.4) is 0 Å². The van der Waals surface area contributed by atoms with E-state index in [2.05, 4.69) is 12.6 Å². The van der Waals surface area contributed by atoms with Crippen LogP contribution in [0, 0.1) is 11.7 Å². The summed E-state index contributed by atoms with van der Waals surface area (Å²) in [7, 11) is 3.40. The number of hydrogen-bond acceptors (Lipinski definition) is 4. The Labute approximate surface area is 159 Å². The first kappa shape index (κ1) is 19.1. The van der Waals surface area contributed by atoms with Crippen molar-refractivity contribution in [3.05, 3.63) is 47.3 Å². The lowest BCUT2D eigenvalue weighted by Gasteiger charge is -2.37. The molecular formula is C20H25FN2O2S. The average molecular weight is 376 g/mol. The first-order valence-corrected chi connectivity index (χ1v) is 9.52. The van der Waals surface area contributed by atoms with E-state index in [9.17, 15) is 14.0 Å². The van der Waals surface area contributed by atoms with Gasteiger partial charge in [0.15, 0.2) is 5.78 Å². The molecule has 1 saturated heterocycles. The van der Waals surface area contributed by atoms with Gasteiger partial charge in [-0.05, 0) is 30.9 Å². The largest absolute Gasteiger partial charge is 0.345 e. The van der Waals surface area contributed by atoms with Crippen molar-refractivity contribution in [2.45, 2.75) is 30.6 Å². The van der Waals surface area contributed by atoms with Gasteiger partial charge in [-0.1, -0.05) is 18.2 Å². The molecule has 1 aromatic rings. The number of carbonyl (C=O) groups excluding carboxylic acids is 2. The minimum Gasteiger partial charge on any atom is -0.345 e. The zero-order valence-corrected chi connectivity index (χ0v) is 16.1. The summed E-state index contributed by atoms with van der Waals surface area (Å²) in [4.78, 5) is 28.5. The smallest absolute Gasteiger partial charge is 0.246 e. The highest BCUT2D eigenvalue weighted by atomic mass is 32.1. The van der Waals surface area contributed by atoms with Crippen molar-refractivity contribution in [2.24, 2.45) is 5.92 Å². The van der Waals surface area contributed by atoms with Crippen LogP contribution in [-0.2, 0) is 9.59 Å². The van der Waals surface area contributed by atoms with Gasteiger partial charge in [0.05, 0.1) is 6.04 Å². The van der Waals surface area contributed by atoms with Crippen LogP contribution >= 0.6 is 12.6 Å². The maximum atomic E-state index is 14.5. The Hall–Kier alpha value is -1.66. The molecule has 1 saturated carbocycles. The van der Waals surface area contributed by atoms with Gasteiger partial charge < -0.3 is 4.90 Å². The summed E-state index contributed by atoms with van der Waals surface area (Å²) in [5.74, 6) is -0.332. The van der Waals surface area contributed by atoms with Crippen LogP contribution in [0.5, 0.6) is 0 Å². The summed E-state index contributed by atoms with van der Waals surface area (Å²) in [5.41, 5.74) is 1.31. The Morgan fingerprint density at radius 3 is 2.58 bits per heavy atom. The normalized spacial score (nSPS) is 23.7. The second kappa shape index (κ2) is 7.92. The van der Waals surface area contributed by atoms with E-state index in [1.807, 2.05) is 4.90 Å². The fourth-order valence-corrected chi connectivity index (χ4v) is 3.63. The fraction of sp³-hybridized carbons (Fsp3) is 0.500. The maximum Gasteiger partial charge on any atom is 0.246 e. The number of halogens is 1. The van der Waals surface area contributed by atoms with Crippen LogP contribution in [-0.4, -0.2) is 53.9 Å². The number of amides is 1. The van der Waals surface area contributed by atoms with Crippen molar-refractivity contribution < 1.29 is 14.0 Å². The molecule has 1 heterocycles. The molecule has 26 heavy (non-hydrogen) atoms. The van der Waals surface area contributed by atoms with Crippen molar-refractivity contribution in [1.82, 2.24) is 9.80 Å². The zero-order valence-electron chi connectivity index (χ0n) is 15.2. The predicted molar refractivity (Wildman–Crippen MR) is 103 cm³/mol. The Balaban J connectivity index is 1.90. The van der Waals surface area contributed by atoms with E-state index < -0.39 is 6.04 Å². The van der Waals surface area contributed by atoms with Crippen LogP contribution < -0.4 is 0 Å². The minimum atomic E-state index is -0.595. The third kappa shape index (κ3) is 4.18. The number of rotatable bonds is 5. The minimum absolute atomic E-state index is 0.0209. The van der Waals surface area contributed by atoms with Gasteiger partial charge in [0.25, 0.3) is 0 Å². The van der Waals surface area contributed by atoms with E-state index in [0.717, 1.165) is 24.8 Å². The van der Waals surface area contributed by atoms with Crippen molar-refractivity contribution in [1.29, 1.82) is 0 Å². The van der Waals surface area contributed by atoms with Gasteiger partial charge in [-0.15, -0.1) is 0 Å². The predicted octanol–water partition coefficient (Wildman–Crippen LogP) is 2.86. The highest BCUT2D eigenvalue weighted by molar-refractivity contribution is 7.81. The molecule has 2 aliphatic rings. The molecule has 1 aliphatic heterocycles. The number of hydrogen-bond donors (Lipinski definition) is 1. The molecule has 1 amide bonds. The summed E-state index contributed by atoms with van der Waals surface area (Å²) in [5, 5.41) is -0.0209. The number of ketones is 1. The summed E-state index contributed by atoms with van der Waals surface area (Å²) >= 11 is 4.60. The number of nitrogens with zero attached hydrogens (tertiary/aromatic N) is 2. The van der Waals surface area contributed by atoms with Gasteiger partial charge in [0, 0.05) is 50.0 Å². The van der Waals surface area contributed by atoms with Crippen molar-refractivity contribution >= 4 is 24.3 Å². The van der Waals surface area contributed by atoms with Crippen LogP contribution in [0.25, 0.3) is 0 Å². The first-order chi connectivity index (χ1) is 12.4. The standard InChI is InChI=1S/C20H25FN2O2S/c1-22(2)18(24)11-14-12-23(10-9-17(14)26)19(20(25)13-7-8-13)15-5-3-4-6-16(15)21/h3-6,11,13,17,19,26H,7-10,12H2,1-2H3/b14-11+.